The Hall–Kier alpha value is -0.753. The average molecular weight is 263 g/mol. The van der Waals surface area contributed by atoms with Gasteiger partial charge in [-0.2, -0.15) is 0 Å². The molecule has 1 saturated heterocycles. The maximum atomic E-state index is 11.9. The molecule has 1 amide bonds. The van der Waals surface area contributed by atoms with E-state index in [0.717, 1.165) is 19.3 Å². The second-order valence-electron chi connectivity index (χ2n) is 6.76. The highest BCUT2D eigenvalue weighted by atomic mass is 28.3. The molecule has 2 fully saturated rings. The molecule has 2 nitrogen and oxygen atoms in total. The van der Waals surface area contributed by atoms with Gasteiger partial charge in [-0.1, -0.05) is 32.5 Å². The van der Waals surface area contributed by atoms with Crippen LogP contribution in [-0.4, -0.2) is 20.0 Å². The van der Waals surface area contributed by atoms with E-state index in [2.05, 4.69) is 36.4 Å². The van der Waals surface area contributed by atoms with Crippen LogP contribution in [0.25, 0.3) is 0 Å². The highest BCUT2D eigenvalue weighted by molar-refractivity contribution is 6.83. The molecule has 2 rings (SSSR count). The van der Waals surface area contributed by atoms with E-state index in [4.69, 9.17) is 0 Å². The largest absolute Gasteiger partial charge is 0.353 e. The van der Waals surface area contributed by atoms with E-state index in [9.17, 15) is 4.79 Å². The van der Waals surface area contributed by atoms with Crippen molar-refractivity contribution in [2.24, 2.45) is 11.8 Å². The fraction of sp³-hybridized carbons (Fsp3) is 0.800. The predicted molar refractivity (Wildman–Crippen MR) is 77.7 cm³/mol. The minimum atomic E-state index is -1.23. The third-order valence-electron chi connectivity index (χ3n) is 4.04. The van der Waals surface area contributed by atoms with Crippen LogP contribution in [0.2, 0.25) is 19.6 Å². The molecule has 0 radical (unpaired) electrons. The van der Waals surface area contributed by atoms with E-state index in [-0.39, 0.29) is 0 Å². The first-order chi connectivity index (χ1) is 8.47. The Morgan fingerprint density at radius 2 is 2.00 bits per heavy atom. The Balaban J connectivity index is 1.86. The number of rotatable bonds is 2. The Bertz CT molecular complexity index is 374. The van der Waals surface area contributed by atoms with Gasteiger partial charge in [0.2, 0.25) is 5.91 Å². The van der Waals surface area contributed by atoms with Crippen molar-refractivity contribution in [2.75, 3.05) is 0 Å². The van der Waals surface area contributed by atoms with Gasteiger partial charge in [-0.15, -0.1) is 11.5 Å². The lowest BCUT2D eigenvalue weighted by Gasteiger charge is -2.26. The first-order valence-electron chi connectivity index (χ1n) is 7.28. The molecule has 0 spiro atoms. The third-order valence-corrected chi connectivity index (χ3v) is 4.97. The smallest absolute Gasteiger partial charge is 0.223 e. The lowest BCUT2D eigenvalue weighted by molar-refractivity contribution is -0.123. The summed E-state index contributed by atoms with van der Waals surface area (Å²) in [6.45, 7) is 6.82. The molecule has 0 aromatic carbocycles. The number of hydrogen-bond acceptors (Lipinski definition) is 1. The number of nitrogens with one attached hydrogen (secondary N) is 1. The van der Waals surface area contributed by atoms with Crippen molar-refractivity contribution in [1.29, 1.82) is 0 Å². The molecular weight excluding hydrogens is 238 g/mol. The summed E-state index contributed by atoms with van der Waals surface area (Å²) in [6.07, 6.45) is 6.86. The molecule has 1 aliphatic carbocycles. The normalized spacial score (nSPS) is 31.3. The van der Waals surface area contributed by atoms with Crippen LogP contribution in [0.1, 0.15) is 38.5 Å². The van der Waals surface area contributed by atoms with Gasteiger partial charge in [0.25, 0.3) is 0 Å². The summed E-state index contributed by atoms with van der Waals surface area (Å²) >= 11 is 0. The van der Waals surface area contributed by atoms with E-state index in [1.165, 1.54) is 19.3 Å². The molecule has 1 N–H and O–H groups in total. The molecule has 0 unspecified atom stereocenters. The van der Waals surface area contributed by atoms with E-state index in [1.54, 1.807) is 0 Å². The van der Waals surface area contributed by atoms with Gasteiger partial charge in [-0.25, -0.2) is 0 Å². The zero-order chi connectivity index (χ0) is 13.2. The quantitative estimate of drug-likeness (QED) is 0.602. The summed E-state index contributed by atoms with van der Waals surface area (Å²) in [7, 11) is -1.23. The van der Waals surface area contributed by atoms with Gasteiger partial charge in [-0.3, -0.25) is 4.79 Å². The van der Waals surface area contributed by atoms with E-state index < -0.39 is 8.07 Å². The minimum Gasteiger partial charge on any atom is -0.353 e. The number of fused-ring (bicyclic) bond motifs is 1. The van der Waals surface area contributed by atoms with Gasteiger partial charge in [0.1, 0.15) is 8.07 Å². The summed E-state index contributed by atoms with van der Waals surface area (Å²) in [5, 5.41) is 3.20. The lowest BCUT2D eigenvalue weighted by atomic mass is 9.77. The summed E-state index contributed by atoms with van der Waals surface area (Å²) in [5.74, 6) is 4.54. The maximum absolute atomic E-state index is 11.9. The van der Waals surface area contributed by atoms with Crippen molar-refractivity contribution in [3.8, 4) is 11.5 Å². The lowest BCUT2D eigenvalue weighted by Crippen LogP contribution is -2.29. The van der Waals surface area contributed by atoms with Gasteiger partial charge in [-0.05, 0) is 25.2 Å². The van der Waals surface area contributed by atoms with E-state index in [1.807, 2.05) is 0 Å². The Morgan fingerprint density at radius 3 is 2.72 bits per heavy atom. The third kappa shape index (κ3) is 3.38. The molecule has 2 aliphatic rings. The van der Waals surface area contributed by atoms with Crippen LogP contribution in [0.4, 0.5) is 0 Å². The van der Waals surface area contributed by atoms with Crippen LogP contribution in [0.3, 0.4) is 0 Å². The van der Waals surface area contributed by atoms with Crippen LogP contribution in [0.15, 0.2) is 0 Å². The highest BCUT2D eigenvalue weighted by Gasteiger charge is 2.42. The summed E-state index contributed by atoms with van der Waals surface area (Å²) in [6, 6.07) is 0.402. The number of carbonyl (C=O) groups excluding carboxylic acids is 1. The van der Waals surface area contributed by atoms with Crippen molar-refractivity contribution < 1.29 is 4.79 Å². The first kappa shape index (κ1) is 13.7. The molecular formula is C15H25NOSi. The zero-order valence-electron chi connectivity index (χ0n) is 11.9. The molecule has 0 aromatic heterocycles. The Labute approximate surface area is 112 Å². The topological polar surface area (TPSA) is 29.1 Å². The van der Waals surface area contributed by atoms with Gasteiger partial charge in [0.05, 0.1) is 0 Å². The van der Waals surface area contributed by atoms with Gasteiger partial charge >= 0.3 is 0 Å². The second kappa shape index (κ2) is 5.48. The summed E-state index contributed by atoms with van der Waals surface area (Å²) in [5.41, 5.74) is 3.41. The van der Waals surface area contributed by atoms with Crippen LogP contribution >= 0.6 is 0 Å². The predicted octanol–water partition coefficient (Wildman–Crippen LogP) is 2.95. The SMILES string of the molecule is C[Si](C)(C)C#CCC[C@H]1NC(=O)[C@H]2CCCC[C@H]21. The van der Waals surface area contributed by atoms with Crippen molar-refractivity contribution in [3.05, 3.63) is 0 Å². The van der Waals surface area contributed by atoms with Gasteiger partial charge < -0.3 is 5.32 Å². The monoisotopic (exact) mass is 263 g/mol. The maximum Gasteiger partial charge on any atom is 0.223 e. The summed E-state index contributed by atoms with van der Waals surface area (Å²) < 4.78 is 0. The van der Waals surface area contributed by atoms with Crippen LogP contribution in [0, 0.1) is 23.3 Å². The van der Waals surface area contributed by atoms with Crippen molar-refractivity contribution in [3.63, 3.8) is 0 Å². The highest BCUT2D eigenvalue weighted by Crippen LogP contribution is 2.37. The fourth-order valence-corrected chi connectivity index (χ4v) is 3.86. The van der Waals surface area contributed by atoms with Gasteiger partial charge in [0, 0.05) is 18.4 Å². The molecule has 1 saturated carbocycles. The molecule has 100 valence electrons. The van der Waals surface area contributed by atoms with Crippen LogP contribution < -0.4 is 5.32 Å². The molecule has 1 heterocycles. The van der Waals surface area contributed by atoms with Gasteiger partial charge in [0.15, 0.2) is 0 Å². The molecule has 18 heavy (non-hydrogen) atoms. The van der Waals surface area contributed by atoms with E-state index in [0.29, 0.717) is 23.8 Å². The number of carbonyl (C=O) groups is 1. The molecule has 1 aliphatic heterocycles. The molecule has 3 heteroatoms. The first-order valence-corrected chi connectivity index (χ1v) is 10.8. The molecule has 0 aromatic rings. The molecule has 0 bridgehead atoms. The Kier molecular flexibility index (Phi) is 4.16. The minimum absolute atomic E-state index is 0.308. The summed E-state index contributed by atoms with van der Waals surface area (Å²) in [4.78, 5) is 11.9. The van der Waals surface area contributed by atoms with Crippen molar-refractivity contribution in [2.45, 2.75) is 64.2 Å². The number of hydrogen-bond donors (Lipinski definition) is 1. The van der Waals surface area contributed by atoms with Crippen molar-refractivity contribution in [1.82, 2.24) is 5.32 Å². The Morgan fingerprint density at radius 1 is 1.28 bits per heavy atom. The number of amides is 1. The van der Waals surface area contributed by atoms with Crippen LogP contribution in [0.5, 0.6) is 0 Å². The van der Waals surface area contributed by atoms with Crippen LogP contribution in [-0.2, 0) is 4.79 Å². The van der Waals surface area contributed by atoms with Crippen molar-refractivity contribution >= 4 is 14.0 Å². The van der Waals surface area contributed by atoms with E-state index >= 15 is 0 Å². The zero-order valence-corrected chi connectivity index (χ0v) is 12.9. The average Bonchev–Trinajstić information content (AvgIpc) is 2.62. The second-order valence-corrected chi connectivity index (χ2v) is 11.5. The standard InChI is InChI=1S/C15H25NOSi/c1-18(2,3)11-7-6-10-14-12-8-4-5-9-13(12)15(17)16-14/h12-14H,4-6,8-10H2,1-3H3,(H,16,17)/t12-,13+,14-/m1/s1. The molecule has 3 atom stereocenters. The fourth-order valence-electron chi connectivity index (χ4n) is 3.21.